The number of ether oxygens (including phenoxy) is 2. The minimum atomic E-state index is -0.429. The number of nitro groups is 1. The molecule has 1 fully saturated rings. The molecule has 0 radical (unpaired) electrons. The predicted octanol–water partition coefficient (Wildman–Crippen LogP) is 3.57. The molecule has 1 amide bonds. The van der Waals surface area contributed by atoms with Crippen LogP contribution in [0.5, 0.6) is 11.5 Å². The maximum absolute atomic E-state index is 12.6. The van der Waals surface area contributed by atoms with Gasteiger partial charge in [-0.3, -0.25) is 14.9 Å². The molecule has 0 unspecified atom stereocenters. The van der Waals surface area contributed by atoms with Crippen molar-refractivity contribution >= 4 is 23.0 Å². The van der Waals surface area contributed by atoms with Crippen LogP contribution in [0.4, 0.5) is 17.1 Å². The summed E-state index contributed by atoms with van der Waals surface area (Å²) in [5.41, 5.74) is 1.29. The van der Waals surface area contributed by atoms with Crippen LogP contribution >= 0.6 is 0 Å². The molecular formula is C19H19N3O5. The summed E-state index contributed by atoms with van der Waals surface area (Å²) in [6.07, 6.45) is 3.17. The lowest BCUT2D eigenvalue weighted by molar-refractivity contribution is -0.384. The number of benzene rings is 2. The van der Waals surface area contributed by atoms with Gasteiger partial charge in [-0.1, -0.05) is 0 Å². The van der Waals surface area contributed by atoms with Crippen LogP contribution in [0.3, 0.4) is 0 Å². The van der Waals surface area contributed by atoms with Gasteiger partial charge in [-0.2, -0.15) is 0 Å². The van der Waals surface area contributed by atoms with E-state index >= 15 is 0 Å². The third-order valence-corrected chi connectivity index (χ3v) is 4.76. The molecule has 1 N–H and O–H groups in total. The Hall–Kier alpha value is -3.29. The number of carbonyl (C=O) groups is 1. The Kier molecular flexibility index (Phi) is 4.53. The fourth-order valence-corrected chi connectivity index (χ4v) is 3.39. The summed E-state index contributed by atoms with van der Waals surface area (Å²) < 4.78 is 10.5. The highest BCUT2D eigenvalue weighted by Gasteiger charge is 2.23. The van der Waals surface area contributed by atoms with E-state index in [1.807, 2.05) is 4.90 Å². The SMILES string of the molecule is O=C(Nc1ccc2c(c1)OCO2)c1ccc(N2CCCCC2)c([N+](=O)[O-])c1. The van der Waals surface area contributed by atoms with Crippen molar-refractivity contribution in [1.82, 2.24) is 0 Å². The highest BCUT2D eigenvalue weighted by atomic mass is 16.7. The number of hydrogen-bond acceptors (Lipinski definition) is 6. The van der Waals surface area contributed by atoms with Crippen molar-refractivity contribution in [3.8, 4) is 11.5 Å². The summed E-state index contributed by atoms with van der Waals surface area (Å²) in [5.74, 6) is 0.760. The highest BCUT2D eigenvalue weighted by molar-refractivity contribution is 6.05. The number of nitro benzene ring substituents is 1. The molecule has 0 atom stereocenters. The molecule has 2 aromatic rings. The number of piperidine rings is 1. The average molecular weight is 369 g/mol. The fraction of sp³-hybridized carbons (Fsp3) is 0.316. The molecule has 8 nitrogen and oxygen atoms in total. The van der Waals surface area contributed by atoms with E-state index in [-0.39, 0.29) is 18.0 Å². The quantitative estimate of drug-likeness (QED) is 0.654. The van der Waals surface area contributed by atoms with Gasteiger partial charge in [-0.15, -0.1) is 0 Å². The van der Waals surface area contributed by atoms with Crippen LogP contribution in [0, 0.1) is 10.1 Å². The second kappa shape index (κ2) is 7.14. The van der Waals surface area contributed by atoms with Crippen molar-refractivity contribution in [3.63, 3.8) is 0 Å². The molecule has 0 bridgehead atoms. The molecule has 8 heteroatoms. The second-order valence-corrected chi connectivity index (χ2v) is 6.53. The third-order valence-electron chi connectivity index (χ3n) is 4.76. The van der Waals surface area contributed by atoms with E-state index in [1.165, 1.54) is 6.07 Å². The number of hydrogen-bond donors (Lipinski definition) is 1. The summed E-state index contributed by atoms with van der Waals surface area (Å²) in [4.78, 5) is 25.7. The summed E-state index contributed by atoms with van der Waals surface area (Å²) in [6.45, 7) is 1.74. The van der Waals surface area contributed by atoms with Crippen LogP contribution in [0.1, 0.15) is 29.6 Å². The van der Waals surface area contributed by atoms with Gasteiger partial charge < -0.3 is 19.7 Å². The lowest BCUT2D eigenvalue weighted by Gasteiger charge is -2.28. The maximum Gasteiger partial charge on any atom is 0.293 e. The molecule has 1 saturated heterocycles. The number of nitrogens with one attached hydrogen (secondary N) is 1. The third kappa shape index (κ3) is 3.51. The largest absolute Gasteiger partial charge is 0.454 e. The number of fused-ring (bicyclic) bond motifs is 1. The fourth-order valence-electron chi connectivity index (χ4n) is 3.39. The van der Waals surface area contributed by atoms with Crippen molar-refractivity contribution in [2.45, 2.75) is 19.3 Å². The zero-order chi connectivity index (χ0) is 18.8. The Bertz CT molecular complexity index is 893. The van der Waals surface area contributed by atoms with Crippen LogP contribution in [0.25, 0.3) is 0 Å². The molecule has 2 heterocycles. The van der Waals surface area contributed by atoms with Crippen LogP contribution < -0.4 is 19.7 Å². The summed E-state index contributed by atoms with van der Waals surface area (Å²) in [7, 11) is 0. The van der Waals surface area contributed by atoms with Crippen LogP contribution in [-0.4, -0.2) is 30.7 Å². The van der Waals surface area contributed by atoms with Crippen molar-refractivity contribution in [2.75, 3.05) is 30.1 Å². The number of amides is 1. The molecule has 0 saturated carbocycles. The first-order valence-electron chi connectivity index (χ1n) is 8.86. The number of nitrogens with zero attached hydrogens (tertiary/aromatic N) is 2. The highest BCUT2D eigenvalue weighted by Crippen LogP contribution is 2.35. The molecule has 0 aliphatic carbocycles. The molecular weight excluding hydrogens is 350 g/mol. The van der Waals surface area contributed by atoms with Gasteiger partial charge in [0.05, 0.1) is 4.92 Å². The topological polar surface area (TPSA) is 93.9 Å². The minimum Gasteiger partial charge on any atom is -0.454 e. The lowest BCUT2D eigenvalue weighted by Crippen LogP contribution is -2.30. The zero-order valence-electron chi connectivity index (χ0n) is 14.6. The smallest absolute Gasteiger partial charge is 0.293 e. The molecule has 140 valence electrons. The van der Waals surface area contributed by atoms with E-state index in [0.29, 0.717) is 22.9 Å². The summed E-state index contributed by atoms with van der Waals surface area (Å²) in [6, 6.07) is 9.70. The molecule has 2 aliphatic rings. The van der Waals surface area contributed by atoms with Gasteiger partial charge in [-0.05, 0) is 43.5 Å². The minimum absolute atomic E-state index is 0.0461. The predicted molar refractivity (Wildman–Crippen MR) is 99.7 cm³/mol. The van der Waals surface area contributed by atoms with E-state index in [1.54, 1.807) is 30.3 Å². The summed E-state index contributed by atoms with van der Waals surface area (Å²) >= 11 is 0. The molecule has 2 aliphatic heterocycles. The molecule has 0 aromatic heterocycles. The Morgan fingerprint density at radius 3 is 2.59 bits per heavy atom. The Morgan fingerprint density at radius 2 is 1.81 bits per heavy atom. The van der Waals surface area contributed by atoms with Crippen LogP contribution in [0.15, 0.2) is 36.4 Å². The van der Waals surface area contributed by atoms with Crippen LogP contribution in [-0.2, 0) is 0 Å². The first-order valence-corrected chi connectivity index (χ1v) is 8.86. The van der Waals surface area contributed by atoms with Gasteiger partial charge in [0.15, 0.2) is 11.5 Å². The first kappa shape index (κ1) is 17.1. The lowest BCUT2D eigenvalue weighted by atomic mass is 10.1. The molecule has 0 spiro atoms. The van der Waals surface area contributed by atoms with Crippen molar-refractivity contribution in [1.29, 1.82) is 0 Å². The van der Waals surface area contributed by atoms with E-state index < -0.39 is 10.8 Å². The molecule has 4 rings (SSSR count). The number of carbonyl (C=O) groups excluding carboxylic acids is 1. The van der Waals surface area contributed by atoms with E-state index in [4.69, 9.17) is 9.47 Å². The van der Waals surface area contributed by atoms with Gasteiger partial charge in [0.25, 0.3) is 11.6 Å². The van der Waals surface area contributed by atoms with Crippen LogP contribution in [0.2, 0.25) is 0 Å². The number of rotatable bonds is 4. The second-order valence-electron chi connectivity index (χ2n) is 6.53. The summed E-state index contributed by atoms with van der Waals surface area (Å²) in [5, 5.41) is 14.3. The normalized spacial score (nSPS) is 15.5. The van der Waals surface area contributed by atoms with Crippen molar-refractivity contribution < 1.29 is 19.2 Å². The molecule has 2 aromatic carbocycles. The van der Waals surface area contributed by atoms with Gasteiger partial charge in [-0.25, -0.2) is 0 Å². The van der Waals surface area contributed by atoms with E-state index in [0.717, 1.165) is 32.4 Å². The van der Waals surface area contributed by atoms with E-state index in [9.17, 15) is 14.9 Å². The van der Waals surface area contributed by atoms with Crippen molar-refractivity contribution in [3.05, 3.63) is 52.1 Å². The van der Waals surface area contributed by atoms with Gasteiger partial charge >= 0.3 is 0 Å². The monoisotopic (exact) mass is 369 g/mol. The standard InChI is InChI=1S/C19H19N3O5/c23-19(20-14-5-7-17-18(11-14)27-12-26-17)13-4-6-15(16(10-13)22(24)25)21-8-2-1-3-9-21/h4-7,10-11H,1-3,8-9,12H2,(H,20,23). The first-order chi connectivity index (χ1) is 13.1. The Morgan fingerprint density at radius 1 is 1.04 bits per heavy atom. The Labute approximate surface area is 155 Å². The number of anilines is 2. The Balaban J connectivity index is 1.56. The van der Waals surface area contributed by atoms with Gasteiger partial charge in [0.2, 0.25) is 6.79 Å². The van der Waals surface area contributed by atoms with Crippen molar-refractivity contribution in [2.24, 2.45) is 0 Å². The average Bonchev–Trinajstić information content (AvgIpc) is 3.16. The molecule has 27 heavy (non-hydrogen) atoms. The maximum atomic E-state index is 12.6. The van der Waals surface area contributed by atoms with E-state index in [2.05, 4.69) is 5.32 Å². The zero-order valence-corrected chi connectivity index (χ0v) is 14.6. The van der Waals surface area contributed by atoms with Gasteiger partial charge in [0.1, 0.15) is 5.69 Å². The van der Waals surface area contributed by atoms with Gasteiger partial charge in [0, 0.05) is 36.5 Å².